The van der Waals surface area contributed by atoms with E-state index < -0.39 is 0 Å². The number of aromatic nitrogens is 1. The van der Waals surface area contributed by atoms with E-state index in [1.165, 1.54) is 44.1 Å². The van der Waals surface area contributed by atoms with Crippen molar-refractivity contribution in [3.8, 4) is 0 Å². The highest BCUT2D eigenvalue weighted by Gasteiger charge is 2.42. The quantitative estimate of drug-likeness (QED) is 0.773. The summed E-state index contributed by atoms with van der Waals surface area (Å²) in [5, 5.41) is 0. The Kier molecular flexibility index (Phi) is 3.41. The maximum atomic E-state index is 12.1. The minimum absolute atomic E-state index is 0.213. The Hall–Kier alpha value is -1.09. The van der Waals surface area contributed by atoms with Crippen molar-refractivity contribution in [2.24, 2.45) is 0 Å². The van der Waals surface area contributed by atoms with E-state index in [9.17, 15) is 4.79 Å². The highest BCUT2D eigenvalue weighted by molar-refractivity contribution is 5.97. The second kappa shape index (κ2) is 5.28. The fourth-order valence-electron chi connectivity index (χ4n) is 4.49. The summed E-state index contributed by atoms with van der Waals surface area (Å²) in [5.74, 6) is 0.334. The third-order valence-corrected chi connectivity index (χ3v) is 5.63. The number of fused-ring (bicyclic) bond motifs is 1. The van der Waals surface area contributed by atoms with E-state index in [2.05, 4.69) is 17.0 Å². The number of Topliss-reactive ketones (excluding diaryl/α,β-unsaturated/α-hetero) is 1. The molecule has 2 aliphatic carbocycles. The molecule has 3 heteroatoms. The Labute approximate surface area is 126 Å². The van der Waals surface area contributed by atoms with Gasteiger partial charge in [-0.15, -0.1) is 0 Å². The van der Waals surface area contributed by atoms with E-state index in [0.717, 1.165) is 37.8 Å². The van der Waals surface area contributed by atoms with Gasteiger partial charge in [0, 0.05) is 30.9 Å². The minimum Gasteiger partial charge on any atom is -0.370 e. The molecule has 1 aromatic rings. The van der Waals surface area contributed by atoms with Crippen molar-refractivity contribution < 1.29 is 9.53 Å². The standard InChI is InChI=1S/C18H25NO2/c20-17-6-2-1-5-14-11-19(13-16(14)17)12-15-7-10-18(21-15)8-3-4-9-18/h11,13,15H,1-10,12H2. The van der Waals surface area contributed by atoms with Crippen LogP contribution >= 0.6 is 0 Å². The van der Waals surface area contributed by atoms with Crippen molar-refractivity contribution in [1.82, 2.24) is 4.57 Å². The monoisotopic (exact) mass is 287 g/mol. The summed E-state index contributed by atoms with van der Waals surface area (Å²) in [7, 11) is 0. The van der Waals surface area contributed by atoms with Gasteiger partial charge in [0.2, 0.25) is 0 Å². The topological polar surface area (TPSA) is 31.2 Å². The van der Waals surface area contributed by atoms with Gasteiger partial charge in [-0.05, 0) is 50.5 Å². The number of hydrogen-bond donors (Lipinski definition) is 0. The van der Waals surface area contributed by atoms with E-state index in [4.69, 9.17) is 4.74 Å². The van der Waals surface area contributed by atoms with Crippen LogP contribution in [0.25, 0.3) is 0 Å². The number of rotatable bonds is 2. The molecule has 2 fully saturated rings. The maximum absolute atomic E-state index is 12.1. The third-order valence-electron chi connectivity index (χ3n) is 5.63. The van der Waals surface area contributed by atoms with E-state index in [1.807, 2.05) is 0 Å². The van der Waals surface area contributed by atoms with Crippen LogP contribution < -0.4 is 0 Å². The van der Waals surface area contributed by atoms with Crippen molar-refractivity contribution in [3.63, 3.8) is 0 Å². The van der Waals surface area contributed by atoms with E-state index in [1.54, 1.807) is 0 Å². The van der Waals surface area contributed by atoms with Gasteiger partial charge in [0.1, 0.15) is 0 Å². The number of ketones is 1. The van der Waals surface area contributed by atoms with Gasteiger partial charge >= 0.3 is 0 Å². The first kappa shape index (κ1) is 13.6. The molecule has 114 valence electrons. The SMILES string of the molecule is O=C1CCCCc2cn(CC3CCC4(CCCC4)O3)cc21. The number of ether oxygens (including phenoxy) is 1. The molecule has 3 aliphatic rings. The Morgan fingerprint density at radius 2 is 1.90 bits per heavy atom. The van der Waals surface area contributed by atoms with Crippen molar-refractivity contribution in [2.75, 3.05) is 0 Å². The van der Waals surface area contributed by atoms with Crippen LogP contribution in [-0.4, -0.2) is 22.1 Å². The van der Waals surface area contributed by atoms with Gasteiger partial charge in [0.15, 0.2) is 5.78 Å². The number of aryl methyl sites for hydroxylation is 1. The lowest BCUT2D eigenvalue weighted by molar-refractivity contribution is -0.0417. The Bertz CT molecular complexity index is 539. The van der Waals surface area contributed by atoms with Crippen molar-refractivity contribution >= 4 is 5.78 Å². The molecule has 1 saturated carbocycles. The van der Waals surface area contributed by atoms with Gasteiger partial charge in [-0.2, -0.15) is 0 Å². The predicted octanol–water partition coefficient (Wildman–Crippen LogP) is 3.89. The van der Waals surface area contributed by atoms with Crippen molar-refractivity contribution in [3.05, 3.63) is 23.5 Å². The van der Waals surface area contributed by atoms with Gasteiger partial charge in [-0.3, -0.25) is 4.79 Å². The molecule has 4 rings (SSSR count). The second-order valence-electron chi connectivity index (χ2n) is 7.19. The van der Waals surface area contributed by atoms with Gasteiger partial charge in [0.25, 0.3) is 0 Å². The van der Waals surface area contributed by atoms with Gasteiger partial charge in [-0.1, -0.05) is 12.8 Å². The molecule has 1 saturated heterocycles. The molecule has 21 heavy (non-hydrogen) atoms. The third kappa shape index (κ3) is 2.57. The Balaban J connectivity index is 1.46. The first-order chi connectivity index (χ1) is 10.2. The van der Waals surface area contributed by atoms with E-state index >= 15 is 0 Å². The van der Waals surface area contributed by atoms with E-state index in [0.29, 0.717) is 11.9 Å². The summed E-state index contributed by atoms with van der Waals surface area (Å²) >= 11 is 0. The average molecular weight is 287 g/mol. The van der Waals surface area contributed by atoms with Crippen molar-refractivity contribution in [2.45, 2.75) is 82.5 Å². The fraction of sp³-hybridized carbons (Fsp3) is 0.722. The number of hydrogen-bond acceptors (Lipinski definition) is 2. The van der Waals surface area contributed by atoms with Gasteiger partial charge < -0.3 is 9.30 Å². The zero-order valence-corrected chi connectivity index (χ0v) is 12.8. The lowest BCUT2D eigenvalue weighted by Gasteiger charge is -2.24. The summed E-state index contributed by atoms with van der Waals surface area (Å²) in [6.07, 6.45) is 16.2. The molecule has 1 atom stereocenters. The second-order valence-corrected chi connectivity index (χ2v) is 7.19. The molecule has 0 aromatic carbocycles. The summed E-state index contributed by atoms with van der Waals surface area (Å²) in [6, 6.07) is 0. The zero-order chi connectivity index (χ0) is 14.3. The summed E-state index contributed by atoms with van der Waals surface area (Å²) in [6.45, 7) is 0.919. The molecule has 1 aromatic heterocycles. The zero-order valence-electron chi connectivity index (χ0n) is 12.8. The fourth-order valence-corrected chi connectivity index (χ4v) is 4.49. The van der Waals surface area contributed by atoms with Gasteiger partial charge in [-0.25, -0.2) is 0 Å². The average Bonchev–Trinajstić information content (AvgIpc) is 3.16. The number of carbonyl (C=O) groups excluding carboxylic acids is 1. The molecule has 0 bridgehead atoms. The number of carbonyl (C=O) groups is 1. The molecular weight excluding hydrogens is 262 g/mol. The normalized spacial score (nSPS) is 28.0. The van der Waals surface area contributed by atoms with E-state index in [-0.39, 0.29) is 5.60 Å². The molecule has 1 spiro atoms. The van der Waals surface area contributed by atoms with Crippen LogP contribution in [0.4, 0.5) is 0 Å². The van der Waals surface area contributed by atoms with Crippen molar-refractivity contribution in [1.29, 1.82) is 0 Å². The molecule has 1 aliphatic heterocycles. The van der Waals surface area contributed by atoms with Crippen LogP contribution in [-0.2, 0) is 17.7 Å². The largest absolute Gasteiger partial charge is 0.370 e. The molecule has 1 unspecified atom stereocenters. The molecule has 3 nitrogen and oxygen atoms in total. The molecule has 0 amide bonds. The summed E-state index contributed by atoms with van der Waals surface area (Å²) in [4.78, 5) is 12.1. The lowest BCUT2D eigenvalue weighted by Crippen LogP contribution is -2.26. The smallest absolute Gasteiger partial charge is 0.164 e. The minimum atomic E-state index is 0.213. The first-order valence-electron chi connectivity index (χ1n) is 8.64. The maximum Gasteiger partial charge on any atom is 0.164 e. The lowest BCUT2D eigenvalue weighted by atomic mass is 9.98. The molecule has 2 heterocycles. The van der Waals surface area contributed by atoms with Crippen LogP contribution in [0.3, 0.4) is 0 Å². The molecule has 0 radical (unpaired) electrons. The highest BCUT2D eigenvalue weighted by Crippen LogP contribution is 2.43. The highest BCUT2D eigenvalue weighted by atomic mass is 16.5. The first-order valence-corrected chi connectivity index (χ1v) is 8.64. The van der Waals surface area contributed by atoms with Crippen LogP contribution in [0.1, 0.15) is 73.7 Å². The summed E-state index contributed by atoms with van der Waals surface area (Å²) < 4.78 is 8.61. The predicted molar refractivity (Wildman–Crippen MR) is 81.6 cm³/mol. The van der Waals surface area contributed by atoms with Crippen LogP contribution in [0.2, 0.25) is 0 Å². The summed E-state index contributed by atoms with van der Waals surface area (Å²) in [5.41, 5.74) is 2.44. The van der Waals surface area contributed by atoms with Crippen LogP contribution in [0, 0.1) is 0 Å². The Morgan fingerprint density at radius 1 is 1.10 bits per heavy atom. The van der Waals surface area contributed by atoms with Crippen LogP contribution in [0.15, 0.2) is 12.4 Å². The number of nitrogens with zero attached hydrogens (tertiary/aromatic N) is 1. The Morgan fingerprint density at radius 3 is 2.76 bits per heavy atom. The molecular formula is C18H25NO2. The van der Waals surface area contributed by atoms with Crippen LogP contribution in [0.5, 0.6) is 0 Å². The van der Waals surface area contributed by atoms with Gasteiger partial charge in [0.05, 0.1) is 11.7 Å². The molecule has 0 N–H and O–H groups in total.